The summed E-state index contributed by atoms with van der Waals surface area (Å²) < 4.78 is 10.7. The summed E-state index contributed by atoms with van der Waals surface area (Å²) in [6, 6.07) is 8.29. The second-order valence-corrected chi connectivity index (χ2v) is 6.16. The van der Waals surface area contributed by atoms with Crippen molar-refractivity contribution in [3.63, 3.8) is 0 Å². The molecular formula is C19H34IN3O2. The fourth-order valence-electron chi connectivity index (χ4n) is 2.32. The Morgan fingerprint density at radius 1 is 1.08 bits per heavy atom. The molecule has 1 aromatic rings. The number of benzene rings is 1. The molecule has 0 saturated heterocycles. The lowest BCUT2D eigenvalue weighted by molar-refractivity contribution is 0.0776. The highest BCUT2D eigenvalue weighted by Crippen LogP contribution is 2.21. The Morgan fingerprint density at radius 3 is 2.28 bits per heavy atom. The Kier molecular flexibility index (Phi) is 13.6. The van der Waals surface area contributed by atoms with E-state index in [-0.39, 0.29) is 24.0 Å². The maximum Gasteiger partial charge on any atom is 0.190 e. The first-order valence-electron chi connectivity index (χ1n) is 8.77. The van der Waals surface area contributed by atoms with Crippen molar-refractivity contribution in [1.82, 2.24) is 10.6 Å². The zero-order chi connectivity index (χ0) is 17.8. The third-order valence-electron chi connectivity index (χ3n) is 3.84. The predicted molar refractivity (Wildman–Crippen MR) is 117 cm³/mol. The molecule has 0 radical (unpaired) electrons. The van der Waals surface area contributed by atoms with Crippen LogP contribution < -0.4 is 15.4 Å². The summed E-state index contributed by atoms with van der Waals surface area (Å²) in [5.74, 6) is 2.23. The third-order valence-corrected chi connectivity index (χ3v) is 3.84. The van der Waals surface area contributed by atoms with Crippen molar-refractivity contribution in [2.75, 3.05) is 33.9 Å². The molecule has 0 aliphatic carbocycles. The second-order valence-electron chi connectivity index (χ2n) is 6.16. The Labute approximate surface area is 170 Å². The Bertz CT molecular complexity index is 478. The van der Waals surface area contributed by atoms with E-state index < -0.39 is 0 Å². The average Bonchev–Trinajstić information content (AvgIpc) is 2.59. The topological polar surface area (TPSA) is 54.9 Å². The summed E-state index contributed by atoms with van der Waals surface area (Å²) >= 11 is 0. The van der Waals surface area contributed by atoms with Crippen LogP contribution in [0.1, 0.15) is 45.1 Å². The van der Waals surface area contributed by atoms with Crippen molar-refractivity contribution in [2.45, 2.75) is 45.6 Å². The first-order valence-corrected chi connectivity index (χ1v) is 8.77. The number of hydrogen-bond acceptors (Lipinski definition) is 3. The van der Waals surface area contributed by atoms with Gasteiger partial charge in [-0.15, -0.1) is 24.0 Å². The van der Waals surface area contributed by atoms with Crippen molar-refractivity contribution < 1.29 is 9.47 Å². The van der Waals surface area contributed by atoms with Crippen LogP contribution in [0.3, 0.4) is 0 Å². The van der Waals surface area contributed by atoms with Crippen molar-refractivity contribution >= 4 is 29.9 Å². The smallest absolute Gasteiger partial charge is 0.190 e. The second kappa shape index (κ2) is 14.2. The van der Waals surface area contributed by atoms with Gasteiger partial charge < -0.3 is 20.1 Å². The van der Waals surface area contributed by atoms with Gasteiger partial charge >= 0.3 is 0 Å². The molecule has 1 aromatic carbocycles. The SMILES string of the molecule is CN=C(NCCCOC(C)C)NCCC(C)c1ccc(OC)cc1.I. The molecule has 0 bridgehead atoms. The Morgan fingerprint density at radius 2 is 1.72 bits per heavy atom. The van der Waals surface area contributed by atoms with Crippen LogP contribution in [0.4, 0.5) is 0 Å². The monoisotopic (exact) mass is 463 g/mol. The largest absolute Gasteiger partial charge is 0.497 e. The van der Waals surface area contributed by atoms with Crippen LogP contribution in [-0.4, -0.2) is 45.9 Å². The van der Waals surface area contributed by atoms with Crippen LogP contribution in [0.15, 0.2) is 29.3 Å². The number of rotatable bonds is 10. The number of hydrogen-bond donors (Lipinski definition) is 2. The minimum atomic E-state index is 0. The van der Waals surface area contributed by atoms with Crippen molar-refractivity contribution in [3.05, 3.63) is 29.8 Å². The number of nitrogens with one attached hydrogen (secondary N) is 2. The molecule has 0 heterocycles. The molecule has 1 atom stereocenters. The molecule has 0 amide bonds. The highest BCUT2D eigenvalue weighted by Gasteiger charge is 2.06. The van der Waals surface area contributed by atoms with Gasteiger partial charge in [-0.1, -0.05) is 19.1 Å². The van der Waals surface area contributed by atoms with Gasteiger partial charge in [0.1, 0.15) is 5.75 Å². The summed E-state index contributed by atoms with van der Waals surface area (Å²) in [4.78, 5) is 4.25. The summed E-state index contributed by atoms with van der Waals surface area (Å²) in [6.45, 7) is 8.87. The van der Waals surface area contributed by atoms with Crippen molar-refractivity contribution in [3.8, 4) is 5.75 Å². The van der Waals surface area contributed by atoms with Gasteiger partial charge in [0.15, 0.2) is 5.96 Å². The third kappa shape index (κ3) is 10.5. The van der Waals surface area contributed by atoms with E-state index in [0.717, 1.165) is 44.2 Å². The fraction of sp³-hybridized carbons (Fsp3) is 0.632. The lowest BCUT2D eigenvalue weighted by atomic mass is 9.98. The lowest BCUT2D eigenvalue weighted by Gasteiger charge is -2.15. The van der Waals surface area contributed by atoms with Crippen molar-refractivity contribution in [1.29, 1.82) is 0 Å². The molecule has 0 aromatic heterocycles. The molecule has 0 aliphatic heterocycles. The number of nitrogens with zero attached hydrogens (tertiary/aromatic N) is 1. The van der Waals surface area contributed by atoms with E-state index in [2.05, 4.69) is 48.5 Å². The number of aliphatic imine (C=N–C) groups is 1. The minimum Gasteiger partial charge on any atom is -0.497 e. The van der Waals surface area contributed by atoms with E-state index in [0.29, 0.717) is 12.0 Å². The van der Waals surface area contributed by atoms with Gasteiger partial charge in [-0.05, 0) is 50.3 Å². The number of guanidine groups is 1. The Balaban J connectivity index is 0.00000576. The van der Waals surface area contributed by atoms with Crippen LogP contribution in [0, 0.1) is 0 Å². The van der Waals surface area contributed by atoms with Gasteiger partial charge in [-0.25, -0.2) is 0 Å². The molecule has 25 heavy (non-hydrogen) atoms. The first-order chi connectivity index (χ1) is 11.6. The Hall–Kier alpha value is -1.02. The molecule has 1 rings (SSSR count). The van der Waals surface area contributed by atoms with Crippen LogP contribution in [0.2, 0.25) is 0 Å². The molecule has 0 spiro atoms. The summed E-state index contributed by atoms with van der Waals surface area (Å²) in [6.07, 6.45) is 2.31. The van der Waals surface area contributed by atoms with Crippen LogP contribution in [0.5, 0.6) is 5.75 Å². The minimum absolute atomic E-state index is 0. The van der Waals surface area contributed by atoms with E-state index in [1.165, 1.54) is 5.56 Å². The zero-order valence-electron chi connectivity index (χ0n) is 16.2. The summed E-state index contributed by atoms with van der Waals surface area (Å²) in [5, 5.41) is 6.68. The van der Waals surface area contributed by atoms with E-state index in [1.54, 1.807) is 14.2 Å². The maximum absolute atomic E-state index is 5.53. The van der Waals surface area contributed by atoms with Gasteiger partial charge in [-0.3, -0.25) is 4.99 Å². The normalized spacial score (nSPS) is 12.5. The molecule has 5 nitrogen and oxygen atoms in total. The molecule has 0 aliphatic rings. The highest BCUT2D eigenvalue weighted by molar-refractivity contribution is 14.0. The molecule has 0 fully saturated rings. The van der Waals surface area contributed by atoms with E-state index in [1.807, 2.05) is 12.1 Å². The fourth-order valence-corrected chi connectivity index (χ4v) is 2.32. The van der Waals surface area contributed by atoms with Gasteiger partial charge in [0, 0.05) is 26.7 Å². The predicted octanol–water partition coefficient (Wildman–Crippen LogP) is 3.79. The maximum atomic E-state index is 5.53. The van der Waals surface area contributed by atoms with E-state index in [4.69, 9.17) is 9.47 Å². The molecule has 6 heteroatoms. The number of halogens is 1. The van der Waals surface area contributed by atoms with Crippen LogP contribution in [0.25, 0.3) is 0 Å². The standard InChI is InChI=1S/C19H33N3O2.HI/c1-15(2)24-14-6-12-21-19(20-4)22-13-11-16(3)17-7-9-18(23-5)10-8-17;/h7-10,15-16H,6,11-14H2,1-5H3,(H2,20,21,22);1H. The zero-order valence-corrected chi connectivity index (χ0v) is 18.5. The molecule has 144 valence electrons. The van der Waals surface area contributed by atoms with Gasteiger partial charge in [0.2, 0.25) is 0 Å². The molecular weight excluding hydrogens is 429 g/mol. The van der Waals surface area contributed by atoms with Crippen molar-refractivity contribution in [2.24, 2.45) is 4.99 Å². The summed E-state index contributed by atoms with van der Waals surface area (Å²) in [7, 11) is 3.49. The molecule has 1 unspecified atom stereocenters. The van der Waals surface area contributed by atoms with Gasteiger partial charge in [0.05, 0.1) is 13.2 Å². The van der Waals surface area contributed by atoms with E-state index >= 15 is 0 Å². The first kappa shape index (κ1) is 24.0. The van der Waals surface area contributed by atoms with E-state index in [9.17, 15) is 0 Å². The molecule has 0 saturated carbocycles. The highest BCUT2D eigenvalue weighted by atomic mass is 127. The van der Waals surface area contributed by atoms with Crippen LogP contribution in [-0.2, 0) is 4.74 Å². The average molecular weight is 463 g/mol. The summed E-state index contributed by atoms with van der Waals surface area (Å²) in [5.41, 5.74) is 1.33. The van der Waals surface area contributed by atoms with Gasteiger partial charge in [0.25, 0.3) is 0 Å². The van der Waals surface area contributed by atoms with Crippen LogP contribution >= 0.6 is 24.0 Å². The number of methoxy groups -OCH3 is 1. The van der Waals surface area contributed by atoms with Gasteiger partial charge in [-0.2, -0.15) is 0 Å². The molecule has 2 N–H and O–H groups in total. The lowest BCUT2D eigenvalue weighted by Crippen LogP contribution is -2.38. The quantitative estimate of drug-likeness (QED) is 0.240. The number of ether oxygens (including phenoxy) is 2.